The fourth-order valence-corrected chi connectivity index (χ4v) is 2.74. The summed E-state index contributed by atoms with van der Waals surface area (Å²) in [5, 5.41) is 3.12. The van der Waals surface area contributed by atoms with E-state index in [0.29, 0.717) is 5.92 Å². The molecule has 1 fully saturated rings. The van der Waals surface area contributed by atoms with Crippen molar-refractivity contribution >= 4 is 5.69 Å². The monoisotopic (exact) mass is 268 g/mol. The average molecular weight is 268 g/mol. The van der Waals surface area contributed by atoms with Crippen molar-refractivity contribution in [1.82, 2.24) is 4.90 Å². The quantitative estimate of drug-likeness (QED) is 0.899. The highest BCUT2D eigenvalue weighted by atomic mass is 19.1. The summed E-state index contributed by atoms with van der Waals surface area (Å²) in [5.74, 6) is -0.276. The Kier molecular flexibility index (Phi) is 4.75. The molecule has 1 N–H and O–H groups in total. The first-order valence-corrected chi connectivity index (χ1v) is 7.04. The van der Waals surface area contributed by atoms with Gasteiger partial charge in [0.25, 0.3) is 0 Å². The molecule has 2 rings (SSSR count). The lowest BCUT2D eigenvalue weighted by Crippen LogP contribution is -2.39. The highest BCUT2D eigenvalue weighted by Crippen LogP contribution is 2.24. The summed E-state index contributed by atoms with van der Waals surface area (Å²) in [6, 6.07) is 3.71. The molecule has 1 aliphatic rings. The number of rotatable bonds is 4. The first-order chi connectivity index (χ1) is 9.10. The molecule has 0 saturated carbocycles. The minimum atomic E-state index is -0.406. The maximum absolute atomic E-state index is 13.6. The summed E-state index contributed by atoms with van der Waals surface area (Å²) < 4.78 is 26.7. The Bertz CT molecular complexity index is 415. The minimum Gasteiger partial charge on any atom is -0.380 e. The van der Waals surface area contributed by atoms with Crippen molar-refractivity contribution in [3.8, 4) is 0 Å². The van der Waals surface area contributed by atoms with Gasteiger partial charge < -0.3 is 10.2 Å². The van der Waals surface area contributed by atoms with E-state index in [9.17, 15) is 8.78 Å². The molecule has 1 aliphatic heterocycles. The Labute approximate surface area is 113 Å². The van der Waals surface area contributed by atoms with Crippen LogP contribution in [0.15, 0.2) is 18.2 Å². The molecule has 1 atom stereocenters. The van der Waals surface area contributed by atoms with Gasteiger partial charge in [0.15, 0.2) is 0 Å². The van der Waals surface area contributed by atoms with Crippen LogP contribution in [0.4, 0.5) is 14.5 Å². The van der Waals surface area contributed by atoms with Crippen LogP contribution in [0, 0.1) is 17.6 Å². The van der Waals surface area contributed by atoms with Crippen LogP contribution in [0.2, 0.25) is 0 Å². The van der Waals surface area contributed by atoms with Gasteiger partial charge >= 0.3 is 0 Å². The van der Waals surface area contributed by atoms with Gasteiger partial charge in [-0.1, -0.05) is 6.92 Å². The highest BCUT2D eigenvalue weighted by Gasteiger charge is 2.23. The Morgan fingerprint density at radius 1 is 1.32 bits per heavy atom. The SMILES string of the molecule is CCN1CCC(C(C)Nc2cc(F)ccc2F)CC1. The lowest BCUT2D eigenvalue weighted by atomic mass is 9.90. The second kappa shape index (κ2) is 6.33. The van der Waals surface area contributed by atoms with Crippen molar-refractivity contribution in [3.63, 3.8) is 0 Å². The third-order valence-electron chi connectivity index (χ3n) is 4.10. The zero-order valence-corrected chi connectivity index (χ0v) is 11.6. The zero-order valence-electron chi connectivity index (χ0n) is 11.6. The number of halogens is 2. The van der Waals surface area contributed by atoms with Crippen molar-refractivity contribution in [2.24, 2.45) is 5.92 Å². The topological polar surface area (TPSA) is 15.3 Å². The molecule has 1 saturated heterocycles. The van der Waals surface area contributed by atoms with Crippen molar-refractivity contribution in [1.29, 1.82) is 0 Å². The number of nitrogens with zero attached hydrogens (tertiary/aromatic N) is 1. The van der Waals surface area contributed by atoms with Gasteiger partial charge in [-0.15, -0.1) is 0 Å². The summed E-state index contributed by atoms with van der Waals surface area (Å²) in [5.41, 5.74) is 0.269. The van der Waals surface area contributed by atoms with Gasteiger partial charge in [0.1, 0.15) is 11.6 Å². The Balaban J connectivity index is 1.94. The molecule has 19 heavy (non-hydrogen) atoms. The molecule has 0 spiro atoms. The van der Waals surface area contributed by atoms with E-state index >= 15 is 0 Å². The molecule has 0 amide bonds. The normalized spacial score (nSPS) is 19.4. The van der Waals surface area contributed by atoms with Gasteiger partial charge in [0, 0.05) is 6.04 Å². The van der Waals surface area contributed by atoms with Crippen LogP contribution >= 0.6 is 0 Å². The molecule has 1 unspecified atom stereocenters. The molecule has 4 heteroatoms. The van der Waals surface area contributed by atoms with E-state index in [1.165, 1.54) is 12.1 Å². The first-order valence-electron chi connectivity index (χ1n) is 7.04. The molecule has 0 aromatic heterocycles. The molecule has 106 valence electrons. The molecule has 2 nitrogen and oxygen atoms in total. The highest BCUT2D eigenvalue weighted by molar-refractivity contribution is 5.45. The van der Waals surface area contributed by atoms with Crippen LogP contribution in [0.25, 0.3) is 0 Å². The van der Waals surface area contributed by atoms with E-state index < -0.39 is 5.82 Å². The molecule has 0 radical (unpaired) electrons. The maximum Gasteiger partial charge on any atom is 0.146 e. The third kappa shape index (κ3) is 3.66. The van der Waals surface area contributed by atoms with E-state index in [1.54, 1.807) is 0 Å². The summed E-state index contributed by atoms with van der Waals surface area (Å²) in [4.78, 5) is 2.42. The van der Waals surface area contributed by atoms with Gasteiger partial charge in [-0.25, -0.2) is 8.78 Å². The molecule has 0 aliphatic carbocycles. The number of nitrogens with one attached hydrogen (secondary N) is 1. The smallest absolute Gasteiger partial charge is 0.146 e. The van der Waals surface area contributed by atoms with Crippen LogP contribution < -0.4 is 5.32 Å². The van der Waals surface area contributed by atoms with Crippen molar-refractivity contribution < 1.29 is 8.78 Å². The van der Waals surface area contributed by atoms with Crippen molar-refractivity contribution in [2.45, 2.75) is 32.7 Å². The van der Waals surface area contributed by atoms with Gasteiger partial charge in [-0.2, -0.15) is 0 Å². The molecule has 1 aromatic carbocycles. The second-order valence-corrected chi connectivity index (χ2v) is 5.33. The Hall–Kier alpha value is -1.16. The van der Waals surface area contributed by atoms with Crippen LogP contribution in [0.1, 0.15) is 26.7 Å². The van der Waals surface area contributed by atoms with E-state index in [0.717, 1.165) is 38.5 Å². The predicted octanol–water partition coefficient (Wildman–Crippen LogP) is 3.50. The van der Waals surface area contributed by atoms with Crippen molar-refractivity contribution in [3.05, 3.63) is 29.8 Å². The lowest BCUT2D eigenvalue weighted by molar-refractivity contribution is 0.183. The molecule has 1 heterocycles. The zero-order chi connectivity index (χ0) is 13.8. The number of hydrogen-bond acceptors (Lipinski definition) is 2. The second-order valence-electron chi connectivity index (χ2n) is 5.33. The fraction of sp³-hybridized carbons (Fsp3) is 0.600. The van der Waals surface area contributed by atoms with Crippen LogP contribution in [0.3, 0.4) is 0 Å². The van der Waals surface area contributed by atoms with Gasteiger partial charge in [-0.05, 0) is 63.5 Å². The number of piperidine rings is 1. The summed E-state index contributed by atoms with van der Waals surface area (Å²) >= 11 is 0. The largest absolute Gasteiger partial charge is 0.380 e. The van der Waals surface area contributed by atoms with Gasteiger partial charge in [-0.3, -0.25) is 0 Å². The summed E-state index contributed by atoms with van der Waals surface area (Å²) in [6.45, 7) is 7.51. The molecule has 1 aromatic rings. The van der Waals surface area contributed by atoms with E-state index in [4.69, 9.17) is 0 Å². The predicted molar refractivity (Wildman–Crippen MR) is 74.3 cm³/mol. The number of hydrogen-bond donors (Lipinski definition) is 1. The summed E-state index contributed by atoms with van der Waals surface area (Å²) in [6.07, 6.45) is 2.22. The molecule has 0 bridgehead atoms. The molecular formula is C15H22F2N2. The van der Waals surface area contributed by atoms with E-state index in [-0.39, 0.29) is 17.5 Å². The Morgan fingerprint density at radius 2 is 2.00 bits per heavy atom. The number of benzene rings is 1. The fourth-order valence-electron chi connectivity index (χ4n) is 2.74. The Morgan fingerprint density at radius 3 is 2.63 bits per heavy atom. The average Bonchev–Trinajstić information content (AvgIpc) is 2.43. The first kappa shape index (κ1) is 14.3. The lowest BCUT2D eigenvalue weighted by Gasteiger charge is -2.34. The summed E-state index contributed by atoms with van der Waals surface area (Å²) in [7, 11) is 0. The van der Waals surface area contributed by atoms with Crippen molar-refractivity contribution in [2.75, 3.05) is 25.0 Å². The third-order valence-corrected chi connectivity index (χ3v) is 4.10. The molecular weight excluding hydrogens is 246 g/mol. The number of likely N-dealkylation sites (tertiary alicyclic amines) is 1. The maximum atomic E-state index is 13.6. The minimum absolute atomic E-state index is 0.162. The van der Waals surface area contributed by atoms with E-state index in [2.05, 4.69) is 24.1 Å². The van der Waals surface area contributed by atoms with Gasteiger partial charge in [0.05, 0.1) is 5.69 Å². The van der Waals surface area contributed by atoms with Crippen LogP contribution in [-0.2, 0) is 0 Å². The van der Waals surface area contributed by atoms with Crippen LogP contribution in [0.5, 0.6) is 0 Å². The standard InChI is InChI=1S/C15H22F2N2/c1-3-19-8-6-12(7-9-19)11(2)18-15-10-13(16)4-5-14(15)17/h4-5,10-12,18H,3,6-9H2,1-2H3. The number of anilines is 1. The van der Waals surface area contributed by atoms with Crippen LogP contribution in [-0.4, -0.2) is 30.6 Å². The van der Waals surface area contributed by atoms with Gasteiger partial charge in [0.2, 0.25) is 0 Å². The van der Waals surface area contributed by atoms with E-state index in [1.807, 2.05) is 0 Å².